The van der Waals surface area contributed by atoms with Gasteiger partial charge in [-0.1, -0.05) is 27.7 Å². The molecule has 18 heavy (non-hydrogen) atoms. The minimum absolute atomic E-state index is 0.157. The summed E-state index contributed by atoms with van der Waals surface area (Å²) in [5.41, 5.74) is 6.36. The van der Waals surface area contributed by atoms with Crippen LogP contribution in [0.4, 0.5) is 4.39 Å². The van der Waals surface area contributed by atoms with Gasteiger partial charge in [-0.15, -0.1) is 0 Å². The smallest absolute Gasteiger partial charge is 0.130 e. The first kappa shape index (κ1) is 13.6. The number of hydrogen-bond donors (Lipinski definition) is 0. The zero-order valence-corrected chi connectivity index (χ0v) is 12.2. The monoisotopic (exact) mass is 248 g/mol. The van der Waals surface area contributed by atoms with Gasteiger partial charge in [-0.05, 0) is 72.3 Å². The molecule has 0 amide bonds. The quantitative estimate of drug-likeness (QED) is 0.659. The lowest BCUT2D eigenvalue weighted by Crippen LogP contribution is -2.06. The molecule has 0 saturated carbocycles. The summed E-state index contributed by atoms with van der Waals surface area (Å²) in [4.78, 5) is 0. The second kappa shape index (κ2) is 5.42. The lowest BCUT2D eigenvalue weighted by atomic mass is 9.87. The lowest BCUT2D eigenvalue weighted by Gasteiger charge is -2.19. The molecule has 0 spiro atoms. The van der Waals surface area contributed by atoms with Crippen molar-refractivity contribution in [3.8, 4) is 0 Å². The molecule has 100 valence electrons. The van der Waals surface area contributed by atoms with Gasteiger partial charge in [0.25, 0.3) is 0 Å². The topological polar surface area (TPSA) is 0 Å². The Morgan fingerprint density at radius 1 is 0.778 bits per heavy atom. The van der Waals surface area contributed by atoms with Gasteiger partial charge < -0.3 is 0 Å². The van der Waals surface area contributed by atoms with E-state index >= 15 is 0 Å². The molecule has 0 N–H and O–H groups in total. The van der Waals surface area contributed by atoms with E-state index in [9.17, 15) is 4.39 Å². The van der Waals surface area contributed by atoms with Gasteiger partial charge in [-0.25, -0.2) is 4.39 Å². The minimum Gasteiger partial charge on any atom is -0.206 e. The molecule has 0 saturated heterocycles. The van der Waals surface area contributed by atoms with Gasteiger partial charge in [0.15, 0.2) is 0 Å². The Morgan fingerprint density at radius 3 is 1.56 bits per heavy atom. The first-order valence-corrected chi connectivity index (χ1v) is 7.55. The van der Waals surface area contributed by atoms with E-state index < -0.39 is 0 Å². The van der Waals surface area contributed by atoms with Crippen LogP contribution in [0.25, 0.3) is 0 Å². The van der Waals surface area contributed by atoms with Crippen molar-refractivity contribution in [2.75, 3.05) is 0 Å². The van der Waals surface area contributed by atoms with Crippen LogP contribution in [0.15, 0.2) is 0 Å². The predicted octanol–water partition coefficient (Wildman–Crippen LogP) is 4.95. The highest BCUT2D eigenvalue weighted by atomic mass is 19.1. The van der Waals surface area contributed by atoms with Crippen LogP contribution >= 0.6 is 0 Å². The van der Waals surface area contributed by atoms with Gasteiger partial charge >= 0.3 is 0 Å². The van der Waals surface area contributed by atoms with E-state index in [1.165, 1.54) is 16.7 Å². The molecule has 2 aliphatic carbocycles. The largest absolute Gasteiger partial charge is 0.206 e. The molecule has 0 radical (unpaired) electrons. The Kier molecular flexibility index (Phi) is 4.09. The van der Waals surface area contributed by atoms with E-state index in [0.717, 1.165) is 49.7 Å². The fourth-order valence-electron chi connectivity index (χ4n) is 3.63. The Bertz CT molecular complexity index is 408. The average molecular weight is 248 g/mol. The molecule has 2 aliphatic rings. The molecule has 3 rings (SSSR count). The second-order valence-electron chi connectivity index (χ2n) is 5.50. The van der Waals surface area contributed by atoms with Crippen LogP contribution in [-0.4, -0.2) is 0 Å². The maximum Gasteiger partial charge on any atom is 0.130 e. The zero-order valence-electron chi connectivity index (χ0n) is 12.2. The maximum absolute atomic E-state index is 14.3. The van der Waals surface area contributed by atoms with Gasteiger partial charge in [0.2, 0.25) is 0 Å². The van der Waals surface area contributed by atoms with Crippen molar-refractivity contribution in [3.63, 3.8) is 0 Å². The third-order valence-electron chi connectivity index (χ3n) is 4.19. The first-order chi connectivity index (χ1) is 8.70. The highest BCUT2D eigenvalue weighted by Gasteiger charge is 2.29. The molecule has 0 nitrogen and oxygen atoms in total. The molecule has 0 fully saturated rings. The van der Waals surface area contributed by atoms with Crippen molar-refractivity contribution in [3.05, 3.63) is 33.6 Å². The summed E-state index contributed by atoms with van der Waals surface area (Å²) in [6.07, 6.45) is 6.44. The summed E-state index contributed by atoms with van der Waals surface area (Å²) in [5.74, 6) is 0.712. The molecule has 1 aromatic carbocycles. The number of rotatable bonds is 1. The number of hydrogen-bond acceptors (Lipinski definition) is 0. The Morgan fingerprint density at radius 2 is 1.17 bits per heavy atom. The van der Waals surface area contributed by atoms with Crippen molar-refractivity contribution in [2.45, 2.75) is 72.1 Å². The van der Waals surface area contributed by atoms with Crippen LogP contribution in [0, 0.1) is 5.82 Å². The fraction of sp³-hybridized carbons (Fsp3) is 0.647. The Balaban J connectivity index is 0.000000574. The van der Waals surface area contributed by atoms with E-state index in [1.54, 1.807) is 0 Å². The fourth-order valence-corrected chi connectivity index (χ4v) is 3.63. The van der Waals surface area contributed by atoms with Gasteiger partial charge in [0.05, 0.1) is 0 Å². The average Bonchev–Trinajstić information content (AvgIpc) is 3.00. The van der Waals surface area contributed by atoms with Crippen LogP contribution in [0.3, 0.4) is 0 Å². The van der Waals surface area contributed by atoms with Crippen LogP contribution in [-0.2, 0) is 25.7 Å². The Hall–Kier alpha value is -0.850. The molecule has 1 aromatic rings. The minimum atomic E-state index is 0.157. The molecule has 0 atom stereocenters. The van der Waals surface area contributed by atoms with Gasteiger partial charge in [0.1, 0.15) is 5.82 Å². The molecular formula is C17H25F. The summed E-state index contributed by atoms with van der Waals surface area (Å²) in [5, 5.41) is 0. The van der Waals surface area contributed by atoms with E-state index in [2.05, 4.69) is 13.8 Å². The van der Waals surface area contributed by atoms with E-state index in [1.807, 2.05) is 13.8 Å². The van der Waals surface area contributed by atoms with Crippen molar-refractivity contribution in [1.82, 2.24) is 0 Å². The summed E-state index contributed by atoms with van der Waals surface area (Å²) >= 11 is 0. The van der Waals surface area contributed by atoms with Crippen LogP contribution < -0.4 is 0 Å². The second-order valence-corrected chi connectivity index (χ2v) is 5.50. The maximum atomic E-state index is 14.3. The molecular weight excluding hydrogens is 223 g/mol. The number of fused-ring (bicyclic) bond motifs is 2. The van der Waals surface area contributed by atoms with Crippen LogP contribution in [0.1, 0.15) is 74.3 Å². The Labute approximate surface area is 111 Å². The molecule has 0 bridgehead atoms. The third-order valence-corrected chi connectivity index (χ3v) is 4.19. The third kappa shape index (κ3) is 1.98. The molecule has 0 aliphatic heterocycles. The highest BCUT2D eigenvalue weighted by Crippen LogP contribution is 2.40. The molecule has 0 aromatic heterocycles. The van der Waals surface area contributed by atoms with Crippen molar-refractivity contribution in [1.29, 1.82) is 0 Å². The van der Waals surface area contributed by atoms with E-state index in [4.69, 9.17) is 0 Å². The predicted molar refractivity (Wildman–Crippen MR) is 75.9 cm³/mol. The zero-order chi connectivity index (χ0) is 13.3. The number of benzene rings is 1. The lowest BCUT2D eigenvalue weighted by molar-refractivity contribution is 0.596. The molecule has 1 heteroatoms. The summed E-state index contributed by atoms with van der Waals surface area (Å²) in [6, 6.07) is 0. The van der Waals surface area contributed by atoms with Crippen LogP contribution in [0.5, 0.6) is 0 Å². The number of halogens is 1. The normalized spacial score (nSPS) is 16.3. The van der Waals surface area contributed by atoms with Gasteiger partial charge in [-0.2, -0.15) is 0 Å². The summed E-state index contributed by atoms with van der Waals surface area (Å²) in [7, 11) is 0. The van der Waals surface area contributed by atoms with Crippen molar-refractivity contribution >= 4 is 0 Å². The highest BCUT2D eigenvalue weighted by molar-refractivity contribution is 5.52. The van der Waals surface area contributed by atoms with Crippen molar-refractivity contribution < 1.29 is 4.39 Å². The van der Waals surface area contributed by atoms with Crippen LogP contribution in [0.2, 0.25) is 0 Å². The molecule has 0 unspecified atom stereocenters. The molecule has 0 heterocycles. The van der Waals surface area contributed by atoms with Crippen molar-refractivity contribution in [2.24, 2.45) is 0 Å². The van der Waals surface area contributed by atoms with E-state index in [0.29, 0.717) is 5.92 Å². The van der Waals surface area contributed by atoms with Gasteiger partial charge in [0, 0.05) is 0 Å². The standard InChI is InChI=1S/C15H19F.C2H6/c1-9(2)14-10-5-3-7-12(10)15(16)13-8-4-6-11(13)14;1-2/h9H,3-8H2,1-2H3;1-2H3. The summed E-state index contributed by atoms with van der Waals surface area (Å²) in [6.45, 7) is 8.51. The van der Waals surface area contributed by atoms with E-state index in [-0.39, 0.29) is 5.82 Å². The SMILES string of the molecule is CC.CC(C)c1c2c(c(F)c3c1CCC3)CCC2. The first-order valence-electron chi connectivity index (χ1n) is 7.55. The van der Waals surface area contributed by atoms with Gasteiger partial charge in [-0.3, -0.25) is 0 Å². The summed E-state index contributed by atoms with van der Waals surface area (Å²) < 4.78 is 14.3.